The van der Waals surface area contributed by atoms with E-state index in [4.69, 9.17) is 0 Å². The molecule has 0 saturated carbocycles. The molecule has 1 aromatic heterocycles. The molecule has 1 unspecified atom stereocenters. The highest BCUT2D eigenvalue weighted by Gasteiger charge is 2.18. The Labute approximate surface area is 135 Å². The molecule has 0 aromatic carbocycles. The summed E-state index contributed by atoms with van der Waals surface area (Å²) in [5.41, 5.74) is 1.12. The monoisotopic (exact) mass is 323 g/mol. The quantitative estimate of drug-likeness (QED) is 0.561. The molecule has 0 aliphatic carbocycles. The summed E-state index contributed by atoms with van der Waals surface area (Å²) in [6.07, 6.45) is 2.34. The second-order valence-corrected chi connectivity index (χ2v) is 6.72. The predicted octanol–water partition coefficient (Wildman–Crippen LogP) is 1.14. The lowest BCUT2D eigenvalue weighted by molar-refractivity contribution is -0.122. The van der Waals surface area contributed by atoms with Gasteiger partial charge in [0.1, 0.15) is 0 Å². The number of aliphatic imine (C=N–C) groups is 1. The lowest BCUT2D eigenvalue weighted by atomic mass is 10.1. The molecule has 1 aliphatic heterocycles. The van der Waals surface area contributed by atoms with Gasteiger partial charge in [-0.3, -0.25) is 9.79 Å². The zero-order valence-electron chi connectivity index (χ0n) is 13.5. The Morgan fingerprint density at radius 2 is 2.32 bits per heavy atom. The molecule has 3 N–H and O–H groups in total. The van der Waals surface area contributed by atoms with E-state index in [0.29, 0.717) is 13.0 Å². The standard InChI is InChI=1S/C15H25N5OS/c1-4-16-15(20-12-5-6-14(21)18-9-12)17-8-7-13-10(2)19-11(3)22-13/h12H,4-9H2,1-3H3,(H,18,21)(H2,16,17,20). The molecule has 0 bridgehead atoms. The molecule has 1 aromatic rings. The van der Waals surface area contributed by atoms with Gasteiger partial charge in [0.05, 0.1) is 10.7 Å². The molecule has 0 radical (unpaired) electrons. The van der Waals surface area contributed by atoms with Crippen molar-refractivity contribution in [3.63, 3.8) is 0 Å². The minimum Gasteiger partial charge on any atom is -0.357 e. The molecule has 6 nitrogen and oxygen atoms in total. The van der Waals surface area contributed by atoms with Gasteiger partial charge in [0.2, 0.25) is 5.91 Å². The summed E-state index contributed by atoms with van der Waals surface area (Å²) in [4.78, 5) is 21.6. The van der Waals surface area contributed by atoms with Crippen molar-refractivity contribution in [1.29, 1.82) is 0 Å². The Morgan fingerprint density at radius 3 is 2.91 bits per heavy atom. The maximum atomic E-state index is 11.2. The van der Waals surface area contributed by atoms with Gasteiger partial charge >= 0.3 is 0 Å². The summed E-state index contributed by atoms with van der Waals surface area (Å²) in [6, 6.07) is 0.253. The van der Waals surface area contributed by atoms with E-state index in [1.807, 2.05) is 6.92 Å². The first-order valence-electron chi connectivity index (χ1n) is 7.83. The first-order valence-corrected chi connectivity index (χ1v) is 8.64. The molecule has 7 heteroatoms. The van der Waals surface area contributed by atoms with E-state index in [1.165, 1.54) is 4.88 Å². The lowest BCUT2D eigenvalue weighted by Gasteiger charge is -2.25. The number of nitrogens with zero attached hydrogens (tertiary/aromatic N) is 2. The average molecular weight is 323 g/mol. The van der Waals surface area contributed by atoms with Crippen molar-refractivity contribution in [2.45, 2.75) is 46.1 Å². The second-order valence-electron chi connectivity index (χ2n) is 5.44. The van der Waals surface area contributed by atoms with Gasteiger partial charge in [0, 0.05) is 43.4 Å². The highest BCUT2D eigenvalue weighted by atomic mass is 32.1. The zero-order chi connectivity index (χ0) is 15.9. The summed E-state index contributed by atoms with van der Waals surface area (Å²) < 4.78 is 0. The molecule has 0 spiro atoms. The zero-order valence-corrected chi connectivity index (χ0v) is 14.3. The summed E-state index contributed by atoms with van der Waals surface area (Å²) in [6.45, 7) is 8.36. The van der Waals surface area contributed by atoms with Crippen LogP contribution in [0.1, 0.15) is 35.3 Å². The minimum atomic E-state index is 0.135. The van der Waals surface area contributed by atoms with Gasteiger partial charge in [-0.05, 0) is 27.2 Å². The number of carbonyl (C=O) groups is 1. The number of guanidine groups is 1. The van der Waals surface area contributed by atoms with Gasteiger partial charge in [0.25, 0.3) is 0 Å². The molecule has 2 rings (SSSR count). The first kappa shape index (κ1) is 16.7. The third kappa shape index (κ3) is 4.98. The van der Waals surface area contributed by atoms with Crippen molar-refractivity contribution in [2.24, 2.45) is 4.99 Å². The van der Waals surface area contributed by atoms with Crippen LogP contribution in [-0.2, 0) is 11.2 Å². The fourth-order valence-corrected chi connectivity index (χ4v) is 3.37. The lowest BCUT2D eigenvalue weighted by Crippen LogP contribution is -2.51. The summed E-state index contributed by atoms with van der Waals surface area (Å²) in [5.74, 6) is 0.957. The molecular weight excluding hydrogens is 298 g/mol. The molecule has 1 atom stereocenters. The van der Waals surface area contributed by atoms with E-state index >= 15 is 0 Å². The van der Waals surface area contributed by atoms with Crippen molar-refractivity contribution in [3.05, 3.63) is 15.6 Å². The number of hydrogen-bond acceptors (Lipinski definition) is 4. The average Bonchev–Trinajstić information content (AvgIpc) is 2.80. The number of piperidine rings is 1. The molecule has 122 valence electrons. The normalized spacial score (nSPS) is 19.0. The summed E-state index contributed by atoms with van der Waals surface area (Å²) in [5, 5.41) is 10.6. The van der Waals surface area contributed by atoms with Crippen LogP contribution in [0.4, 0.5) is 0 Å². The first-order chi connectivity index (χ1) is 10.6. The summed E-state index contributed by atoms with van der Waals surface area (Å²) >= 11 is 1.75. The van der Waals surface area contributed by atoms with Gasteiger partial charge in [-0.2, -0.15) is 0 Å². The molecule has 22 heavy (non-hydrogen) atoms. The Bertz CT molecular complexity index is 530. The van der Waals surface area contributed by atoms with Crippen LogP contribution in [0.15, 0.2) is 4.99 Å². The molecule has 1 fully saturated rings. The number of aromatic nitrogens is 1. The predicted molar refractivity (Wildman–Crippen MR) is 90.4 cm³/mol. The molecule has 1 saturated heterocycles. The highest BCUT2D eigenvalue weighted by molar-refractivity contribution is 7.11. The van der Waals surface area contributed by atoms with E-state index in [0.717, 1.165) is 42.6 Å². The van der Waals surface area contributed by atoms with E-state index < -0.39 is 0 Å². The van der Waals surface area contributed by atoms with Gasteiger partial charge in [-0.25, -0.2) is 4.98 Å². The number of nitrogens with one attached hydrogen (secondary N) is 3. The van der Waals surface area contributed by atoms with Crippen LogP contribution in [0.2, 0.25) is 0 Å². The third-order valence-electron chi connectivity index (χ3n) is 3.56. The maximum absolute atomic E-state index is 11.2. The smallest absolute Gasteiger partial charge is 0.220 e. The van der Waals surface area contributed by atoms with Crippen LogP contribution in [-0.4, -0.2) is 42.5 Å². The molecule has 2 heterocycles. The van der Waals surface area contributed by atoms with Gasteiger partial charge in [-0.15, -0.1) is 11.3 Å². The van der Waals surface area contributed by atoms with Crippen LogP contribution in [0, 0.1) is 13.8 Å². The van der Waals surface area contributed by atoms with Crippen LogP contribution < -0.4 is 16.0 Å². The van der Waals surface area contributed by atoms with Crippen molar-refractivity contribution >= 4 is 23.2 Å². The number of carbonyl (C=O) groups excluding carboxylic acids is 1. The Balaban J connectivity index is 1.86. The van der Waals surface area contributed by atoms with E-state index in [9.17, 15) is 4.79 Å². The Kier molecular flexibility index (Phi) is 6.18. The Morgan fingerprint density at radius 1 is 1.50 bits per heavy atom. The van der Waals surface area contributed by atoms with Crippen LogP contribution in [0.25, 0.3) is 0 Å². The van der Waals surface area contributed by atoms with Crippen molar-refractivity contribution in [2.75, 3.05) is 19.6 Å². The number of hydrogen-bond donors (Lipinski definition) is 3. The largest absolute Gasteiger partial charge is 0.357 e. The van der Waals surface area contributed by atoms with Crippen molar-refractivity contribution in [3.8, 4) is 0 Å². The van der Waals surface area contributed by atoms with E-state index in [-0.39, 0.29) is 11.9 Å². The second kappa shape index (κ2) is 8.12. The number of aryl methyl sites for hydroxylation is 2. The van der Waals surface area contributed by atoms with Crippen LogP contribution >= 0.6 is 11.3 Å². The topological polar surface area (TPSA) is 78.4 Å². The van der Waals surface area contributed by atoms with E-state index in [1.54, 1.807) is 11.3 Å². The summed E-state index contributed by atoms with van der Waals surface area (Å²) in [7, 11) is 0. The molecule has 1 amide bonds. The number of rotatable bonds is 5. The molecule has 1 aliphatic rings. The number of thiazole rings is 1. The fraction of sp³-hybridized carbons (Fsp3) is 0.667. The third-order valence-corrected chi connectivity index (χ3v) is 4.69. The van der Waals surface area contributed by atoms with Crippen molar-refractivity contribution < 1.29 is 4.79 Å². The number of amides is 1. The molecular formula is C15H25N5OS. The maximum Gasteiger partial charge on any atom is 0.220 e. The van der Waals surface area contributed by atoms with Crippen LogP contribution in [0.3, 0.4) is 0 Å². The minimum absolute atomic E-state index is 0.135. The fourth-order valence-electron chi connectivity index (χ4n) is 2.44. The Hall–Kier alpha value is -1.63. The van der Waals surface area contributed by atoms with Crippen molar-refractivity contribution in [1.82, 2.24) is 20.9 Å². The SMILES string of the molecule is CCNC(=NCCc1sc(C)nc1C)NC1CCC(=O)NC1. The van der Waals surface area contributed by atoms with Gasteiger partial charge in [0.15, 0.2) is 5.96 Å². The van der Waals surface area contributed by atoms with E-state index in [2.05, 4.69) is 39.8 Å². The highest BCUT2D eigenvalue weighted by Crippen LogP contribution is 2.17. The van der Waals surface area contributed by atoms with Gasteiger partial charge < -0.3 is 16.0 Å². The van der Waals surface area contributed by atoms with Crippen LogP contribution in [0.5, 0.6) is 0 Å². The van der Waals surface area contributed by atoms with Gasteiger partial charge in [-0.1, -0.05) is 0 Å².